The number of rotatable bonds is 4. The fourth-order valence-corrected chi connectivity index (χ4v) is 1.77. The van der Waals surface area contributed by atoms with Crippen molar-refractivity contribution >= 4 is 5.78 Å². The molecule has 0 saturated heterocycles. The van der Waals surface area contributed by atoms with Gasteiger partial charge in [0.25, 0.3) is 0 Å². The van der Waals surface area contributed by atoms with Crippen molar-refractivity contribution in [2.24, 2.45) is 0 Å². The van der Waals surface area contributed by atoms with E-state index >= 15 is 0 Å². The molecule has 1 aromatic rings. The molecule has 4 heteroatoms. The normalized spacial score (nSPS) is 11.6. The van der Waals surface area contributed by atoms with Gasteiger partial charge < -0.3 is 0 Å². The maximum atomic E-state index is 11.9. The molecule has 1 rings (SSSR count). The number of benzene rings is 1. The van der Waals surface area contributed by atoms with Crippen molar-refractivity contribution in [3.63, 3.8) is 0 Å². The molecule has 0 heterocycles. The van der Waals surface area contributed by atoms with Crippen molar-refractivity contribution < 1.29 is 18.0 Å². The summed E-state index contributed by atoms with van der Waals surface area (Å²) in [6.07, 6.45) is -5.64. The lowest BCUT2D eigenvalue weighted by Gasteiger charge is -2.06. The van der Waals surface area contributed by atoms with Gasteiger partial charge in [0, 0.05) is 12.8 Å². The first-order chi connectivity index (χ1) is 7.76. The van der Waals surface area contributed by atoms with Crippen LogP contribution in [-0.2, 0) is 11.2 Å². The molecule has 0 radical (unpaired) electrons. The first kappa shape index (κ1) is 13.7. The van der Waals surface area contributed by atoms with E-state index in [9.17, 15) is 18.0 Å². The third-order valence-electron chi connectivity index (χ3n) is 2.37. The van der Waals surface area contributed by atoms with E-state index in [1.807, 2.05) is 32.0 Å². The van der Waals surface area contributed by atoms with Crippen LogP contribution in [0.1, 0.15) is 29.5 Å². The first-order valence-electron chi connectivity index (χ1n) is 5.42. The van der Waals surface area contributed by atoms with Crippen molar-refractivity contribution in [1.29, 1.82) is 0 Å². The van der Waals surface area contributed by atoms with Crippen molar-refractivity contribution in [2.45, 2.75) is 39.3 Å². The van der Waals surface area contributed by atoms with Crippen molar-refractivity contribution in [1.82, 2.24) is 0 Å². The SMILES string of the molecule is Cc1cc(C)cc(CC(=O)CCC(F)(F)F)c1. The fourth-order valence-electron chi connectivity index (χ4n) is 1.77. The zero-order chi connectivity index (χ0) is 13.1. The molecule has 0 fully saturated rings. The zero-order valence-corrected chi connectivity index (χ0v) is 9.90. The van der Waals surface area contributed by atoms with Gasteiger partial charge in [-0.3, -0.25) is 4.79 Å². The van der Waals surface area contributed by atoms with Crippen molar-refractivity contribution in [2.75, 3.05) is 0 Å². The highest BCUT2D eigenvalue weighted by Crippen LogP contribution is 2.22. The monoisotopic (exact) mass is 244 g/mol. The number of aryl methyl sites for hydroxylation is 2. The molecule has 17 heavy (non-hydrogen) atoms. The smallest absolute Gasteiger partial charge is 0.299 e. The summed E-state index contributed by atoms with van der Waals surface area (Å²) in [4.78, 5) is 11.4. The summed E-state index contributed by atoms with van der Waals surface area (Å²) in [6, 6.07) is 5.63. The van der Waals surface area contributed by atoms with Crippen molar-refractivity contribution in [3.8, 4) is 0 Å². The van der Waals surface area contributed by atoms with E-state index in [1.165, 1.54) is 0 Å². The van der Waals surface area contributed by atoms with Crippen LogP contribution in [0.25, 0.3) is 0 Å². The molecule has 0 N–H and O–H groups in total. The second-order valence-corrected chi connectivity index (χ2v) is 4.33. The number of halogens is 3. The molecule has 0 aromatic heterocycles. The number of hydrogen-bond donors (Lipinski definition) is 0. The van der Waals surface area contributed by atoms with E-state index in [-0.39, 0.29) is 12.2 Å². The molecule has 0 aliphatic heterocycles. The Hall–Kier alpha value is -1.32. The molecular weight excluding hydrogens is 229 g/mol. The van der Waals surface area contributed by atoms with E-state index in [0.29, 0.717) is 0 Å². The van der Waals surface area contributed by atoms with Crippen LogP contribution in [0.15, 0.2) is 18.2 Å². The Morgan fingerprint density at radius 1 is 1.12 bits per heavy atom. The van der Waals surface area contributed by atoms with Gasteiger partial charge in [0.15, 0.2) is 0 Å². The quantitative estimate of drug-likeness (QED) is 0.788. The number of Topliss-reactive ketones (excluding diaryl/α,β-unsaturated/α-hetero) is 1. The average molecular weight is 244 g/mol. The molecule has 0 saturated carbocycles. The molecule has 0 spiro atoms. The lowest BCUT2D eigenvalue weighted by atomic mass is 10.0. The molecule has 1 nitrogen and oxygen atoms in total. The summed E-state index contributed by atoms with van der Waals surface area (Å²) in [7, 11) is 0. The van der Waals surface area contributed by atoms with Crippen LogP contribution in [0, 0.1) is 13.8 Å². The van der Waals surface area contributed by atoms with Crippen LogP contribution < -0.4 is 0 Å². The Morgan fingerprint density at radius 3 is 2.12 bits per heavy atom. The highest BCUT2D eigenvalue weighted by Gasteiger charge is 2.27. The summed E-state index contributed by atoms with van der Waals surface area (Å²) < 4.78 is 35.8. The molecule has 0 unspecified atom stereocenters. The summed E-state index contributed by atoms with van der Waals surface area (Å²) in [5, 5.41) is 0. The number of ketones is 1. The summed E-state index contributed by atoms with van der Waals surface area (Å²) in [5.74, 6) is -0.368. The first-order valence-corrected chi connectivity index (χ1v) is 5.42. The molecule has 0 aliphatic carbocycles. The van der Waals surface area contributed by atoms with E-state index in [2.05, 4.69) is 0 Å². The number of hydrogen-bond acceptors (Lipinski definition) is 1. The Labute approximate surface area is 98.6 Å². The van der Waals surface area contributed by atoms with Crippen LogP contribution in [0.2, 0.25) is 0 Å². The van der Waals surface area contributed by atoms with Crippen LogP contribution in [0.5, 0.6) is 0 Å². The average Bonchev–Trinajstić information content (AvgIpc) is 2.11. The topological polar surface area (TPSA) is 17.1 Å². The van der Waals surface area contributed by atoms with Crippen LogP contribution in [0.4, 0.5) is 13.2 Å². The summed E-state index contributed by atoms with van der Waals surface area (Å²) in [5.41, 5.74) is 2.82. The third kappa shape index (κ3) is 5.52. The molecule has 0 amide bonds. The molecular formula is C13H15F3O. The maximum Gasteiger partial charge on any atom is 0.389 e. The lowest BCUT2D eigenvalue weighted by Crippen LogP contribution is -2.12. The predicted molar refractivity (Wildman–Crippen MR) is 59.9 cm³/mol. The standard InChI is InChI=1S/C13H15F3O/c1-9-5-10(2)7-11(6-9)8-12(17)3-4-13(14,15)16/h5-7H,3-4,8H2,1-2H3. The predicted octanol–water partition coefficient (Wildman–Crippen LogP) is 3.76. The summed E-state index contributed by atoms with van der Waals surface area (Å²) >= 11 is 0. The van der Waals surface area contributed by atoms with Gasteiger partial charge in [0.2, 0.25) is 0 Å². The van der Waals surface area contributed by atoms with E-state index in [4.69, 9.17) is 0 Å². The van der Waals surface area contributed by atoms with Crippen molar-refractivity contribution in [3.05, 3.63) is 34.9 Å². The molecule has 94 valence electrons. The van der Waals surface area contributed by atoms with Gasteiger partial charge in [0.1, 0.15) is 5.78 Å². The maximum absolute atomic E-state index is 11.9. The lowest BCUT2D eigenvalue weighted by molar-refractivity contribution is -0.143. The van der Waals surface area contributed by atoms with Gasteiger partial charge >= 0.3 is 6.18 Å². The van der Waals surface area contributed by atoms with E-state index in [0.717, 1.165) is 16.7 Å². The Bertz CT molecular complexity index is 387. The second kappa shape index (κ2) is 5.34. The highest BCUT2D eigenvalue weighted by molar-refractivity contribution is 5.80. The Kier molecular flexibility index (Phi) is 4.32. The van der Waals surface area contributed by atoms with Crippen LogP contribution >= 0.6 is 0 Å². The summed E-state index contributed by atoms with van der Waals surface area (Å²) in [6.45, 7) is 3.80. The molecule has 0 aliphatic rings. The van der Waals surface area contributed by atoms with Crippen LogP contribution in [-0.4, -0.2) is 12.0 Å². The van der Waals surface area contributed by atoms with Crippen LogP contribution in [0.3, 0.4) is 0 Å². The minimum atomic E-state index is -4.25. The molecule has 0 bridgehead atoms. The van der Waals surface area contributed by atoms with Gasteiger partial charge in [-0.05, 0) is 19.4 Å². The molecule has 0 atom stereocenters. The largest absolute Gasteiger partial charge is 0.389 e. The number of carbonyl (C=O) groups is 1. The minimum absolute atomic E-state index is 0.0819. The van der Waals surface area contributed by atoms with E-state index in [1.54, 1.807) is 0 Å². The molecule has 1 aromatic carbocycles. The highest BCUT2D eigenvalue weighted by atomic mass is 19.4. The van der Waals surface area contributed by atoms with Gasteiger partial charge in [-0.1, -0.05) is 29.3 Å². The van der Waals surface area contributed by atoms with E-state index < -0.39 is 19.0 Å². The van der Waals surface area contributed by atoms with Gasteiger partial charge in [-0.2, -0.15) is 13.2 Å². The van der Waals surface area contributed by atoms with Gasteiger partial charge in [-0.15, -0.1) is 0 Å². The zero-order valence-electron chi connectivity index (χ0n) is 9.90. The Balaban J connectivity index is 2.56. The number of carbonyl (C=O) groups excluding carboxylic acids is 1. The van der Waals surface area contributed by atoms with Gasteiger partial charge in [-0.25, -0.2) is 0 Å². The number of alkyl halides is 3. The minimum Gasteiger partial charge on any atom is -0.299 e. The fraction of sp³-hybridized carbons (Fsp3) is 0.462. The third-order valence-corrected chi connectivity index (χ3v) is 2.37. The Morgan fingerprint density at radius 2 is 1.65 bits per heavy atom. The van der Waals surface area contributed by atoms with Gasteiger partial charge in [0.05, 0.1) is 6.42 Å². The second-order valence-electron chi connectivity index (χ2n) is 4.33.